The van der Waals surface area contributed by atoms with E-state index in [0.29, 0.717) is 50.8 Å². The number of benzene rings is 1. The number of nitrogens with zero attached hydrogens (tertiary/aromatic N) is 2. The van der Waals surface area contributed by atoms with Gasteiger partial charge in [-0.3, -0.25) is 9.59 Å². The summed E-state index contributed by atoms with van der Waals surface area (Å²) >= 11 is 0. The van der Waals surface area contributed by atoms with Gasteiger partial charge in [-0.25, -0.2) is 0 Å². The summed E-state index contributed by atoms with van der Waals surface area (Å²) in [7, 11) is 3.26. The van der Waals surface area contributed by atoms with Gasteiger partial charge in [0.1, 0.15) is 11.4 Å². The number of fused-ring (bicyclic) bond motifs is 4. The van der Waals surface area contributed by atoms with Crippen LogP contribution >= 0.6 is 0 Å². The van der Waals surface area contributed by atoms with Crippen molar-refractivity contribution in [2.24, 2.45) is 5.92 Å². The van der Waals surface area contributed by atoms with Crippen molar-refractivity contribution in [3.05, 3.63) is 58.0 Å². The molecule has 7 heteroatoms. The highest BCUT2D eigenvalue weighted by molar-refractivity contribution is 5.76. The predicted octanol–water partition coefficient (Wildman–Crippen LogP) is 2.45. The van der Waals surface area contributed by atoms with Crippen LogP contribution in [0.3, 0.4) is 0 Å². The van der Waals surface area contributed by atoms with Gasteiger partial charge in [0.2, 0.25) is 5.91 Å². The van der Waals surface area contributed by atoms with Crippen molar-refractivity contribution in [1.29, 1.82) is 0 Å². The molecule has 2 atom stereocenters. The molecule has 1 fully saturated rings. The van der Waals surface area contributed by atoms with Gasteiger partial charge < -0.3 is 24.3 Å². The molecule has 3 heterocycles. The average molecular weight is 412 g/mol. The minimum atomic E-state index is 0.0230. The number of methoxy groups -OCH3 is 2. The van der Waals surface area contributed by atoms with E-state index in [0.717, 1.165) is 23.4 Å². The van der Waals surface area contributed by atoms with Gasteiger partial charge in [0.05, 0.1) is 20.1 Å². The van der Waals surface area contributed by atoms with Gasteiger partial charge >= 0.3 is 0 Å². The fourth-order valence-corrected chi connectivity index (χ4v) is 4.57. The summed E-state index contributed by atoms with van der Waals surface area (Å²) in [6.07, 6.45) is 1.45. The summed E-state index contributed by atoms with van der Waals surface area (Å²) < 4.78 is 12.1. The largest absolute Gasteiger partial charge is 0.497 e. The first-order valence-electron chi connectivity index (χ1n) is 10.5. The molecule has 1 N–H and O–H groups in total. The molecule has 0 radical (unpaired) electrons. The van der Waals surface area contributed by atoms with E-state index in [1.165, 1.54) is 0 Å². The molecular weight excluding hydrogens is 382 g/mol. The van der Waals surface area contributed by atoms with Gasteiger partial charge in [-0.2, -0.15) is 0 Å². The molecule has 0 spiro atoms. The topological polar surface area (TPSA) is 72.8 Å². The first-order valence-corrected chi connectivity index (χ1v) is 10.5. The summed E-state index contributed by atoms with van der Waals surface area (Å²) in [5.74, 6) is 1.48. The molecule has 2 aliphatic heterocycles. The lowest BCUT2D eigenvalue weighted by Gasteiger charge is -2.43. The van der Waals surface area contributed by atoms with Crippen molar-refractivity contribution < 1.29 is 14.3 Å². The fourth-order valence-electron chi connectivity index (χ4n) is 4.57. The zero-order chi connectivity index (χ0) is 21.1. The number of nitrogens with one attached hydrogen (secondary N) is 1. The maximum absolute atomic E-state index is 13.1. The van der Waals surface area contributed by atoms with E-state index in [-0.39, 0.29) is 17.4 Å². The molecule has 0 aliphatic carbocycles. The first kappa shape index (κ1) is 20.5. The van der Waals surface area contributed by atoms with Crippen LogP contribution in [-0.2, 0) is 22.6 Å². The van der Waals surface area contributed by atoms with Crippen molar-refractivity contribution in [2.45, 2.75) is 31.8 Å². The standard InChI is InChI=1S/C23H29N3O4/c1-29-10-9-22(27)25-13-17-11-18(15-25)21-8-7-20(23(28)26(21)14-17)24-12-16-3-5-19(30-2)6-4-16/h3-8,17-18,24H,9-15H2,1-2H3/t17-,18+/m0/s1. The van der Waals surface area contributed by atoms with E-state index in [9.17, 15) is 9.59 Å². The number of anilines is 1. The van der Waals surface area contributed by atoms with E-state index < -0.39 is 0 Å². The number of carbonyl (C=O) groups excluding carboxylic acids is 1. The molecule has 0 saturated carbocycles. The van der Waals surface area contributed by atoms with E-state index in [2.05, 4.69) is 5.32 Å². The molecule has 4 rings (SSSR count). The Morgan fingerprint density at radius 1 is 1.10 bits per heavy atom. The van der Waals surface area contributed by atoms with Crippen LogP contribution in [0.2, 0.25) is 0 Å². The predicted molar refractivity (Wildman–Crippen MR) is 115 cm³/mol. The summed E-state index contributed by atoms with van der Waals surface area (Å²) in [6, 6.07) is 11.7. The molecule has 0 unspecified atom stereocenters. The van der Waals surface area contributed by atoms with Gasteiger partial charge in [0, 0.05) is 44.9 Å². The molecule has 1 aromatic carbocycles. The Hall–Kier alpha value is -2.80. The van der Waals surface area contributed by atoms with Crippen molar-refractivity contribution in [1.82, 2.24) is 9.47 Å². The zero-order valence-electron chi connectivity index (χ0n) is 17.6. The van der Waals surface area contributed by atoms with Crippen LogP contribution in [0.15, 0.2) is 41.2 Å². The number of pyridine rings is 1. The molecule has 2 aromatic rings. The smallest absolute Gasteiger partial charge is 0.274 e. The number of hydrogen-bond acceptors (Lipinski definition) is 5. The Morgan fingerprint density at radius 2 is 1.90 bits per heavy atom. The monoisotopic (exact) mass is 411 g/mol. The zero-order valence-corrected chi connectivity index (χ0v) is 17.6. The Balaban J connectivity index is 1.47. The van der Waals surface area contributed by atoms with Crippen LogP contribution in [0, 0.1) is 5.92 Å². The minimum Gasteiger partial charge on any atom is -0.497 e. The summed E-state index contributed by atoms with van der Waals surface area (Å²) in [5, 5.41) is 3.28. The third-order valence-electron chi connectivity index (χ3n) is 6.12. The number of aromatic nitrogens is 1. The van der Waals surface area contributed by atoms with Crippen LogP contribution in [0.5, 0.6) is 5.75 Å². The van der Waals surface area contributed by atoms with Gasteiger partial charge in [0.15, 0.2) is 0 Å². The van der Waals surface area contributed by atoms with Gasteiger partial charge in [-0.1, -0.05) is 12.1 Å². The second-order valence-electron chi connectivity index (χ2n) is 8.13. The molecule has 1 aromatic heterocycles. The van der Waals surface area contributed by atoms with Crippen LogP contribution in [0.1, 0.15) is 30.0 Å². The lowest BCUT2D eigenvalue weighted by atomic mass is 9.83. The van der Waals surface area contributed by atoms with Crippen molar-refractivity contribution in [3.8, 4) is 5.75 Å². The number of piperidine rings is 1. The highest BCUT2D eigenvalue weighted by Gasteiger charge is 2.36. The lowest BCUT2D eigenvalue weighted by molar-refractivity contribution is -0.134. The molecule has 1 saturated heterocycles. The second-order valence-corrected chi connectivity index (χ2v) is 8.13. The molecule has 1 amide bonds. The molecule has 160 valence electrons. The van der Waals surface area contributed by atoms with E-state index in [4.69, 9.17) is 9.47 Å². The van der Waals surface area contributed by atoms with Gasteiger partial charge in [-0.05, 0) is 42.2 Å². The molecule has 2 bridgehead atoms. The van der Waals surface area contributed by atoms with Crippen LogP contribution in [-0.4, -0.2) is 49.3 Å². The van der Waals surface area contributed by atoms with E-state index in [1.807, 2.05) is 45.9 Å². The minimum absolute atomic E-state index is 0.0230. The number of likely N-dealkylation sites (tertiary alicyclic amines) is 1. The van der Waals surface area contributed by atoms with Gasteiger partial charge in [-0.15, -0.1) is 0 Å². The van der Waals surface area contributed by atoms with E-state index >= 15 is 0 Å². The number of hydrogen-bond donors (Lipinski definition) is 1. The Bertz CT molecular complexity index is 954. The molecule has 2 aliphatic rings. The Morgan fingerprint density at radius 3 is 2.63 bits per heavy atom. The second kappa shape index (κ2) is 8.92. The summed E-state index contributed by atoms with van der Waals surface area (Å²) in [4.78, 5) is 27.5. The van der Waals surface area contributed by atoms with Crippen molar-refractivity contribution in [2.75, 3.05) is 39.2 Å². The van der Waals surface area contributed by atoms with Crippen LogP contribution < -0.4 is 15.6 Å². The molecular formula is C23H29N3O4. The number of carbonyl (C=O) groups is 1. The number of amides is 1. The highest BCUT2D eigenvalue weighted by atomic mass is 16.5. The normalized spacial score (nSPS) is 19.9. The third kappa shape index (κ3) is 4.21. The van der Waals surface area contributed by atoms with Gasteiger partial charge in [0.25, 0.3) is 5.56 Å². The Labute approximate surface area is 176 Å². The van der Waals surface area contributed by atoms with Crippen LogP contribution in [0.25, 0.3) is 0 Å². The fraction of sp³-hybridized carbons (Fsp3) is 0.478. The molecule has 7 nitrogen and oxygen atoms in total. The van der Waals surface area contributed by atoms with E-state index in [1.54, 1.807) is 14.2 Å². The van der Waals surface area contributed by atoms with Crippen molar-refractivity contribution >= 4 is 11.6 Å². The summed E-state index contributed by atoms with van der Waals surface area (Å²) in [6.45, 7) is 3.08. The quantitative estimate of drug-likeness (QED) is 0.758. The van der Waals surface area contributed by atoms with Crippen molar-refractivity contribution in [3.63, 3.8) is 0 Å². The average Bonchev–Trinajstić information content (AvgIpc) is 2.77. The lowest BCUT2D eigenvalue weighted by Crippen LogP contribution is -2.49. The summed E-state index contributed by atoms with van der Waals surface area (Å²) in [5.41, 5.74) is 2.76. The molecule has 30 heavy (non-hydrogen) atoms. The van der Waals surface area contributed by atoms with Crippen LogP contribution in [0.4, 0.5) is 5.69 Å². The number of rotatable bonds is 7. The highest BCUT2D eigenvalue weighted by Crippen LogP contribution is 2.35. The SMILES string of the molecule is COCCC(=O)N1C[C@@H]2C[C@H](C1)c1ccc(NCc3ccc(OC)cc3)c(=O)n1C2. The maximum Gasteiger partial charge on any atom is 0.274 e. The third-order valence-corrected chi connectivity index (χ3v) is 6.12. The number of ether oxygens (including phenoxy) is 2. The first-order chi connectivity index (χ1) is 14.6. The Kier molecular flexibility index (Phi) is 6.08. The maximum atomic E-state index is 13.1.